The van der Waals surface area contributed by atoms with Gasteiger partial charge in [-0.3, -0.25) is 14.9 Å². The second-order valence-electron chi connectivity index (χ2n) is 5.25. The maximum absolute atomic E-state index is 12.2. The van der Waals surface area contributed by atoms with Gasteiger partial charge >= 0.3 is 5.69 Å². The number of hydrogen-bond donors (Lipinski definition) is 1. The van der Waals surface area contributed by atoms with E-state index in [1.807, 2.05) is 0 Å². The van der Waals surface area contributed by atoms with Gasteiger partial charge in [0.25, 0.3) is 5.91 Å². The van der Waals surface area contributed by atoms with E-state index in [2.05, 4.69) is 5.32 Å². The lowest BCUT2D eigenvalue weighted by atomic mass is 10.0. The quantitative estimate of drug-likeness (QED) is 0.667. The Morgan fingerprint density at radius 2 is 2.14 bits per heavy atom. The summed E-state index contributed by atoms with van der Waals surface area (Å²) in [6.45, 7) is 1.60. The molecule has 1 aliphatic rings. The summed E-state index contributed by atoms with van der Waals surface area (Å²) in [5.74, 6) is -0.898. The van der Waals surface area contributed by atoms with E-state index in [9.17, 15) is 23.3 Å². The van der Waals surface area contributed by atoms with Crippen molar-refractivity contribution in [2.75, 3.05) is 11.5 Å². The van der Waals surface area contributed by atoms with Gasteiger partial charge in [-0.1, -0.05) is 17.7 Å². The Kier molecular flexibility index (Phi) is 3.94. The van der Waals surface area contributed by atoms with Crippen LogP contribution < -0.4 is 5.32 Å². The summed E-state index contributed by atoms with van der Waals surface area (Å²) in [7, 11) is -3.19. The first-order chi connectivity index (χ1) is 9.64. The lowest BCUT2D eigenvalue weighted by Crippen LogP contribution is -2.47. The maximum atomic E-state index is 12.2. The van der Waals surface area contributed by atoms with Crippen molar-refractivity contribution in [2.24, 2.45) is 0 Å². The standard InChI is InChI=1S/C12H13ClN2O5S/c1-12(5-6-21(19,20)7-12)14-11(16)8-3-2-4-9(13)10(8)15(17)18/h2-4H,5-7H2,1H3,(H,14,16). The number of benzene rings is 1. The molecule has 0 aromatic heterocycles. The van der Waals surface area contributed by atoms with Crippen LogP contribution >= 0.6 is 11.6 Å². The Labute approximate surface area is 126 Å². The summed E-state index contributed by atoms with van der Waals surface area (Å²) in [5, 5.41) is 13.4. The molecule has 2 rings (SSSR count). The average molecular weight is 333 g/mol. The van der Waals surface area contributed by atoms with Gasteiger partial charge in [-0.2, -0.15) is 0 Å². The van der Waals surface area contributed by atoms with Crippen molar-refractivity contribution in [3.05, 3.63) is 38.9 Å². The van der Waals surface area contributed by atoms with E-state index in [1.54, 1.807) is 6.92 Å². The third-order valence-electron chi connectivity index (χ3n) is 3.33. The first-order valence-electron chi connectivity index (χ1n) is 6.09. The van der Waals surface area contributed by atoms with Crippen LogP contribution in [0.5, 0.6) is 0 Å². The average Bonchev–Trinajstić information content (AvgIpc) is 2.62. The highest BCUT2D eigenvalue weighted by atomic mass is 35.5. The summed E-state index contributed by atoms with van der Waals surface area (Å²) in [6, 6.07) is 4.03. The summed E-state index contributed by atoms with van der Waals surface area (Å²) in [4.78, 5) is 22.5. The van der Waals surface area contributed by atoms with E-state index < -0.39 is 31.9 Å². The number of nitro benzene ring substituents is 1. The summed E-state index contributed by atoms with van der Waals surface area (Å²) < 4.78 is 23.0. The van der Waals surface area contributed by atoms with Gasteiger partial charge in [-0.05, 0) is 25.5 Å². The second-order valence-corrected chi connectivity index (χ2v) is 7.84. The molecule has 1 fully saturated rings. The Balaban J connectivity index is 2.30. The zero-order valence-electron chi connectivity index (χ0n) is 11.1. The van der Waals surface area contributed by atoms with E-state index in [0.29, 0.717) is 0 Å². The second kappa shape index (κ2) is 5.27. The van der Waals surface area contributed by atoms with Crippen LogP contribution in [0.1, 0.15) is 23.7 Å². The predicted molar refractivity (Wildman–Crippen MR) is 77.2 cm³/mol. The number of nitro groups is 1. The van der Waals surface area contributed by atoms with Gasteiger partial charge in [-0.15, -0.1) is 0 Å². The Bertz CT molecular complexity index is 718. The molecule has 0 radical (unpaired) electrons. The van der Waals surface area contributed by atoms with E-state index >= 15 is 0 Å². The number of amides is 1. The highest BCUT2D eigenvalue weighted by Gasteiger charge is 2.40. The van der Waals surface area contributed by atoms with Crippen molar-refractivity contribution in [1.82, 2.24) is 5.32 Å². The Morgan fingerprint density at radius 1 is 1.48 bits per heavy atom. The van der Waals surface area contributed by atoms with Gasteiger partial charge in [0.1, 0.15) is 10.6 Å². The summed E-state index contributed by atoms with van der Waals surface area (Å²) in [6.07, 6.45) is 0.273. The SMILES string of the molecule is CC1(NC(=O)c2cccc(Cl)c2[N+](=O)[O-])CCS(=O)(=O)C1. The molecule has 1 aromatic carbocycles. The fourth-order valence-corrected chi connectivity index (χ4v) is 4.67. The molecule has 0 aliphatic carbocycles. The molecule has 0 spiro atoms. The van der Waals surface area contributed by atoms with Gasteiger partial charge in [0, 0.05) is 0 Å². The topological polar surface area (TPSA) is 106 Å². The molecule has 1 N–H and O–H groups in total. The molecular weight excluding hydrogens is 320 g/mol. The molecule has 1 amide bonds. The summed E-state index contributed by atoms with van der Waals surface area (Å²) >= 11 is 5.75. The molecule has 9 heteroatoms. The van der Waals surface area contributed by atoms with Crippen LogP contribution in [0.3, 0.4) is 0 Å². The molecule has 1 atom stereocenters. The molecule has 1 aromatic rings. The molecule has 0 bridgehead atoms. The Hall–Kier alpha value is -1.67. The number of rotatable bonds is 3. The lowest BCUT2D eigenvalue weighted by Gasteiger charge is -2.23. The van der Waals surface area contributed by atoms with Crippen molar-refractivity contribution < 1.29 is 18.1 Å². The number of hydrogen-bond acceptors (Lipinski definition) is 5. The number of carbonyl (C=O) groups excluding carboxylic acids is 1. The minimum atomic E-state index is -3.19. The number of halogens is 1. The van der Waals surface area contributed by atoms with Crippen LogP contribution in [-0.2, 0) is 9.84 Å². The van der Waals surface area contributed by atoms with Gasteiger partial charge < -0.3 is 5.32 Å². The first kappa shape index (κ1) is 15.7. The molecular formula is C12H13ClN2O5S. The third kappa shape index (κ3) is 3.33. The van der Waals surface area contributed by atoms with E-state index in [-0.39, 0.29) is 28.5 Å². The summed E-state index contributed by atoms with van der Waals surface area (Å²) in [5.41, 5.74) is -1.59. The van der Waals surface area contributed by atoms with E-state index in [4.69, 9.17) is 11.6 Å². The highest BCUT2D eigenvalue weighted by Crippen LogP contribution is 2.29. The minimum Gasteiger partial charge on any atom is -0.346 e. The molecule has 7 nitrogen and oxygen atoms in total. The number of nitrogens with one attached hydrogen (secondary N) is 1. The fourth-order valence-electron chi connectivity index (χ4n) is 2.33. The molecule has 114 valence electrons. The smallest absolute Gasteiger partial charge is 0.300 e. The molecule has 1 heterocycles. The molecule has 1 saturated heterocycles. The van der Waals surface area contributed by atoms with Crippen LogP contribution in [0.25, 0.3) is 0 Å². The van der Waals surface area contributed by atoms with Gasteiger partial charge in [0.2, 0.25) is 0 Å². The lowest BCUT2D eigenvalue weighted by molar-refractivity contribution is -0.385. The van der Waals surface area contributed by atoms with Gasteiger partial charge in [0.05, 0.1) is 22.0 Å². The van der Waals surface area contributed by atoms with Crippen LogP contribution in [0.4, 0.5) is 5.69 Å². The van der Waals surface area contributed by atoms with Crippen LogP contribution in [-0.4, -0.2) is 36.3 Å². The van der Waals surface area contributed by atoms with Crippen molar-refractivity contribution in [3.8, 4) is 0 Å². The number of para-hydroxylation sites is 1. The molecule has 1 unspecified atom stereocenters. The minimum absolute atomic E-state index is 0.0125. The highest BCUT2D eigenvalue weighted by molar-refractivity contribution is 7.91. The van der Waals surface area contributed by atoms with E-state index in [1.165, 1.54) is 18.2 Å². The Morgan fingerprint density at radius 3 is 2.67 bits per heavy atom. The van der Waals surface area contributed by atoms with Gasteiger partial charge in [0.15, 0.2) is 9.84 Å². The first-order valence-corrected chi connectivity index (χ1v) is 8.29. The van der Waals surface area contributed by atoms with Crippen LogP contribution in [0, 0.1) is 10.1 Å². The molecule has 0 saturated carbocycles. The number of nitrogens with zero attached hydrogens (tertiary/aromatic N) is 1. The number of carbonyl (C=O) groups is 1. The monoisotopic (exact) mass is 332 g/mol. The molecule has 21 heavy (non-hydrogen) atoms. The number of sulfone groups is 1. The van der Waals surface area contributed by atoms with Crippen molar-refractivity contribution in [2.45, 2.75) is 18.9 Å². The van der Waals surface area contributed by atoms with Crippen molar-refractivity contribution in [3.63, 3.8) is 0 Å². The van der Waals surface area contributed by atoms with E-state index in [0.717, 1.165) is 0 Å². The normalized spacial score (nSPS) is 23.7. The largest absolute Gasteiger partial charge is 0.346 e. The predicted octanol–water partition coefficient (Wildman–Crippen LogP) is 1.56. The van der Waals surface area contributed by atoms with Crippen molar-refractivity contribution in [1.29, 1.82) is 0 Å². The van der Waals surface area contributed by atoms with Gasteiger partial charge in [-0.25, -0.2) is 8.42 Å². The van der Waals surface area contributed by atoms with Crippen LogP contribution in [0.2, 0.25) is 5.02 Å². The van der Waals surface area contributed by atoms with Crippen molar-refractivity contribution >= 4 is 33.0 Å². The third-order valence-corrected chi connectivity index (χ3v) is 5.54. The zero-order chi connectivity index (χ0) is 15.8. The van der Waals surface area contributed by atoms with Crippen LogP contribution in [0.15, 0.2) is 18.2 Å². The zero-order valence-corrected chi connectivity index (χ0v) is 12.7. The fraction of sp³-hybridized carbons (Fsp3) is 0.417. The maximum Gasteiger partial charge on any atom is 0.300 e. The molecule has 1 aliphatic heterocycles.